The van der Waals surface area contributed by atoms with Crippen molar-refractivity contribution >= 4 is 5.97 Å². The molecule has 0 aliphatic rings. The van der Waals surface area contributed by atoms with Crippen LogP contribution in [0.5, 0.6) is 0 Å². The highest BCUT2D eigenvalue weighted by Crippen LogP contribution is 2.27. The molecule has 0 saturated heterocycles. The van der Waals surface area contributed by atoms with Gasteiger partial charge >= 0.3 is 5.97 Å². The lowest BCUT2D eigenvalue weighted by Gasteiger charge is -2.13. The van der Waals surface area contributed by atoms with Crippen molar-refractivity contribution in [2.45, 2.75) is 52.4 Å². The van der Waals surface area contributed by atoms with Gasteiger partial charge in [-0.1, -0.05) is 80.2 Å². The van der Waals surface area contributed by atoms with Crippen molar-refractivity contribution in [2.75, 3.05) is 13.2 Å². The average Bonchev–Trinajstić information content (AvgIpc) is 2.87. The summed E-state index contributed by atoms with van der Waals surface area (Å²) in [5.41, 5.74) is 9.46. The zero-order valence-electron chi connectivity index (χ0n) is 20.5. The van der Waals surface area contributed by atoms with Crippen LogP contribution < -0.4 is 0 Å². The molecule has 0 spiro atoms. The topological polar surface area (TPSA) is 46.5 Å². The molecule has 0 bridgehead atoms. The number of aliphatic hydroxyl groups excluding tert-OH is 1. The predicted molar refractivity (Wildman–Crippen MR) is 140 cm³/mol. The van der Waals surface area contributed by atoms with Crippen LogP contribution in [0.2, 0.25) is 0 Å². The zero-order valence-corrected chi connectivity index (χ0v) is 20.5. The summed E-state index contributed by atoms with van der Waals surface area (Å²) >= 11 is 0. The van der Waals surface area contributed by atoms with E-state index in [4.69, 9.17) is 9.84 Å². The van der Waals surface area contributed by atoms with Crippen molar-refractivity contribution in [1.82, 2.24) is 0 Å². The highest BCUT2D eigenvalue weighted by Gasteiger charge is 2.09. The molecule has 0 saturated carbocycles. The standard InChI is InChI=1S/C31H36O3/c1-4-26-22-25(14-18-30(26)29-16-11-24(12-17-29)8-7-20-32)13-15-27-9-5-6-10-28(27)19-21-34-31(33)23(2)3/h5-6,9-12,14,16-18,22,32H,2,4,7-8,13,15,19-21H2,1,3H3. The summed E-state index contributed by atoms with van der Waals surface area (Å²) < 4.78 is 5.29. The largest absolute Gasteiger partial charge is 0.462 e. The molecular formula is C31H36O3. The van der Waals surface area contributed by atoms with E-state index >= 15 is 0 Å². The van der Waals surface area contributed by atoms with Crippen LogP contribution in [-0.4, -0.2) is 24.3 Å². The maximum absolute atomic E-state index is 11.6. The third kappa shape index (κ3) is 7.16. The minimum atomic E-state index is -0.329. The number of ether oxygens (including phenoxy) is 1. The van der Waals surface area contributed by atoms with Gasteiger partial charge in [0.1, 0.15) is 0 Å². The van der Waals surface area contributed by atoms with E-state index < -0.39 is 0 Å². The quantitative estimate of drug-likeness (QED) is 0.257. The molecular weight excluding hydrogens is 420 g/mol. The van der Waals surface area contributed by atoms with Crippen LogP contribution in [0.4, 0.5) is 0 Å². The molecule has 3 aromatic carbocycles. The Morgan fingerprint density at radius 3 is 2.18 bits per heavy atom. The van der Waals surface area contributed by atoms with Crippen molar-refractivity contribution < 1.29 is 14.6 Å². The Bertz CT molecular complexity index is 1100. The summed E-state index contributed by atoms with van der Waals surface area (Å²) in [5.74, 6) is -0.329. The molecule has 0 unspecified atom stereocenters. The van der Waals surface area contributed by atoms with Gasteiger partial charge in [-0.15, -0.1) is 0 Å². The van der Waals surface area contributed by atoms with Gasteiger partial charge < -0.3 is 9.84 Å². The van der Waals surface area contributed by atoms with Crippen molar-refractivity contribution in [1.29, 1.82) is 0 Å². The van der Waals surface area contributed by atoms with Crippen molar-refractivity contribution in [2.24, 2.45) is 0 Å². The van der Waals surface area contributed by atoms with Gasteiger partial charge in [0, 0.05) is 18.6 Å². The third-order valence-corrected chi connectivity index (χ3v) is 6.19. The van der Waals surface area contributed by atoms with E-state index in [2.05, 4.69) is 74.2 Å². The molecule has 0 amide bonds. The molecule has 3 nitrogen and oxygen atoms in total. The Balaban J connectivity index is 1.66. The monoisotopic (exact) mass is 456 g/mol. The fourth-order valence-corrected chi connectivity index (χ4v) is 4.21. The van der Waals surface area contributed by atoms with Gasteiger partial charge in [-0.25, -0.2) is 4.79 Å². The number of hydrogen-bond acceptors (Lipinski definition) is 3. The van der Waals surface area contributed by atoms with Gasteiger partial charge in [0.25, 0.3) is 0 Å². The number of aliphatic hydroxyl groups is 1. The Labute approximate surface area is 204 Å². The second kappa shape index (κ2) is 12.9. The van der Waals surface area contributed by atoms with Crippen molar-refractivity contribution in [3.8, 4) is 11.1 Å². The first-order valence-corrected chi connectivity index (χ1v) is 12.2. The van der Waals surface area contributed by atoms with Crippen LogP contribution in [0.25, 0.3) is 11.1 Å². The fourth-order valence-electron chi connectivity index (χ4n) is 4.21. The molecule has 0 aliphatic carbocycles. The Hall–Kier alpha value is -3.17. The predicted octanol–water partition coefficient (Wildman–Crippen LogP) is 6.29. The number of esters is 1. The first-order valence-electron chi connectivity index (χ1n) is 12.2. The van der Waals surface area contributed by atoms with E-state index in [0.717, 1.165) is 32.1 Å². The summed E-state index contributed by atoms with van der Waals surface area (Å²) in [4.78, 5) is 11.6. The van der Waals surface area contributed by atoms with E-state index in [9.17, 15) is 4.79 Å². The maximum atomic E-state index is 11.6. The molecule has 34 heavy (non-hydrogen) atoms. The molecule has 178 valence electrons. The van der Waals surface area contributed by atoms with Gasteiger partial charge in [-0.05, 0) is 78.0 Å². The Kier molecular flexibility index (Phi) is 9.66. The summed E-state index contributed by atoms with van der Waals surface area (Å²) in [6.07, 6.45) is 5.33. The van der Waals surface area contributed by atoms with Crippen molar-refractivity contribution in [3.05, 3.63) is 107 Å². The van der Waals surface area contributed by atoms with Crippen LogP contribution >= 0.6 is 0 Å². The summed E-state index contributed by atoms with van der Waals surface area (Å²) in [6, 6.07) is 24.0. The number of carbonyl (C=O) groups excluding carboxylic acids is 1. The second-order valence-electron chi connectivity index (χ2n) is 8.80. The smallest absolute Gasteiger partial charge is 0.333 e. The highest BCUT2D eigenvalue weighted by atomic mass is 16.5. The van der Waals surface area contributed by atoms with E-state index in [0.29, 0.717) is 18.6 Å². The minimum absolute atomic E-state index is 0.232. The number of rotatable bonds is 12. The lowest BCUT2D eigenvalue weighted by molar-refractivity contribution is -0.138. The van der Waals surface area contributed by atoms with Crippen LogP contribution in [-0.2, 0) is 41.6 Å². The van der Waals surface area contributed by atoms with E-state index in [1.807, 2.05) is 6.07 Å². The molecule has 0 heterocycles. The average molecular weight is 457 g/mol. The second-order valence-corrected chi connectivity index (χ2v) is 8.80. The summed E-state index contributed by atoms with van der Waals surface area (Å²) in [5, 5.41) is 9.04. The number of carbonyl (C=O) groups is 1. The SMILES string of the molecule is C=C(C)C(=O)OCCc1ccccc1CCc1ccc(-c2ccc(CCCO)cc2)c(CC)c1. The summed E-state index contributed by atoms with van der Waals surface area (Å²) in [6.45, 7) is 8.11. The van der Waals surface area contributed by atoms with Gasteiger partial charge in [-0.2, -0.15) is 0 Å². The molecule has 0 fully saturated rings. The minimum Gasteiger partial charge on any atom is -0.462 e. The molecule has 3 aromatic rings. The number of benzene rings is 3. The molecule has 3 rings (SSSR count). The van der Waals surface area contributed by atoms with Crippen LogP contribution in [0.3, 0.4) is 0 Å². The molecule has 3 heteroatoms. The van der Waals surface area contributed by atoms with Gasteiger partial charge in [-0.3, -0.25) is 0 Å². The van der Waals surface area contributed by atoms with E-state index in [1.54, 1.807) is 6.92 Å². The molecule has 0 aromatic heterocycles. The zero-order chi connectivity index (χ0) is 24.3. The molecule has 0 radical (unpaired) electrons. The normalized spacial score (nSPS) is 10.8. The highest BCUT2D eigenvalue weighted by molar-refractivity contribution is 5.86. The Morgan fingerprint density at radius 2 is 1.53 bits per heavy atom. The van der Waals surface area contributed by atoms with Crippen LogP contribution in [0, 0.1) is 0 Å². The summed E-state index contributed by atoms with van der Waals surface area (Å²) in [7, 11) is 0. The molecule has 0 aliphatic heterocycles. The van der Waals surface area contributed by atoms with E-state index in [1.165, 1.54) is 38.9 Å². The van der Waals surface area contributed by atoms with Gasteiger partial charge in [0.2, 0.25) is 0 Å². The lowest BCUT2D eigenvalue weighted by atomic mass is 9.92. The van der Waals surface area contributed by atoms with Crippen LogP contribution in [0.15, 0.2) is 78.9 Å². The number of aryl methyl sites for hydroxylation is 4. The third-order valence-electron chi connectivity index (χ3n) is 6.19. The van der Waals surface area contributed by atoms with Gasteiger partial charge in [0.05, 0.1) is 6.61 Å². The Morgan fingerprint density at radius 1 is 0.853 bits per heavy atom. The van der Waals surface area contributed by atoms with Crippen molar-refractivity contribution in [3.63, 3.8) is 0 Å². The first-order chi connectivity index (χ1) is 16.5. The fraction of sp³-hybridized carbons (Fsp3) is 0.323. The van der Waals surface area contributed by atoms with E-state index in [-0.39, 0.29) is 12.6 Å². The maximum Gasteiger partial charge on any atom is 0.333 e. The lowest BCUT2D eigenvalue weighted by Crippen LogP contribution is -2.09. The molecule has 1 N–H and O–H groups in total. The number of hydrogen-bond donors (Lipinski definition) is 1. The molecule has 0 atom stereocenters. The van der Waals surface area contributed by atoms with Gasteiger partial charge in [0.15, 0.2) is 0 Å². The van der Waals surface area contributed by atoms with Crippen LogP contribution in [0.1, 0.15) is 48.1 Å². The first kappa shape index (κ1) is 25.5.